The van der Waals surface area contributed by atoms with Gasteiger partial charge >= 0.3 is 0 Å². The van der Waals surface area contributed by atoms with Gasteiger partial charge in [-0.2, -0.15) is 0 Å². The summed E-state index contributed by atoms with van der Waals surface area (Å²) in [6.07, 6.45) is 0.697. The summed E-state index contributed by atoms with van der Waals surface area (Å²) in [5.41, 5.74) is 7.88. The van der Waals surface area contributed by atoms with Gasteiger partial charge in [-0.25, -0.2) is 0 Å². The van der Waals surface area contributed by atoms with E-state index in [2.05, 4.69) is 28.1 Å². The number of amidine groups is 1. The molecule has 0 aliphatic carbocycles. The van der Waals surface area contributed by atoms with Crippen LogP contribution in [0.2, 0.25) is 5.02 Å². The van der Waals surface area contributed by atoms with Gasteiger partial charge in [-0.3, -0.25) is 15.0 Å². The van der Waals surface area contributed by atoms with Crippen LogP contribution in [0.25, 0.3) is 0 Å². The minimum absolute atomic E-state index is 0.0705. The first-order chi connectivity index (χ1) is 14.3. The van der Waals surface area contributed by atoms with Crippen LogP contribution in [-0.4, -0.2) is 36.3 Å². The van der Waals surface area contributed by atoms with Gasteiger partial charge in [0.1, 0.15) is 11.9 Å². The molecule has 8 heteroatoms. The van der Waals surface area contributed by atoms with E-state index in [0.29, 0.717) is 22.6 Å². The van der Waals surface area contributed by atoms with Gasteiger partial charge in [0, 0.05) is 23.7 Å². The number of rotatable bonds is 7. The Morgan fingerprint density at radius 1 is 1.27 bits per heavy atom. The lowest BCUT2D eigenvalue weighted by Gasteiger charge is -2.17. The number of nitrogens with two attached hydrogens (primary N) is 1. The maximum Gasteiger partial charge on any atom is 0.242 e. The van der Waals surface area contributed by atoms with Gasteiger partial charge in [-0.05, 0) is 36.5 Å². The summed E-state index contributed by atoms with van der Waals surface area (Å²) in [5, 5.41) is 16.6. The fraction of sp³-hybridized carbons (Fsp3) is 0.318. The van der Waals surface area contributed by atoms with Crippen LogP contribution < -0.4 is 21.7 Å². The molecule has 1 aliphatic heterocycles. The monoisotopic (exact) mass is 427 g/mol. The number of carbonyl (C=O) groups excluding carboxylic acids is 2. The van der Waals surface area contributed by atoms with Gasteiger partial charge < -0.3 is 21.7 Å². The number of nitrogen functional groups attached to an aromatic ring is 1. The van der Waals surface area contributed by atoms with E-state index in [4.69, 9.17) is 22.7 Å². The van der Waals surface area contributed by atoms with Crippen LogP contribution in [0.3, 0.4) is 0 Å². The largest absolute Gasteiger partial charge is 0.384 e. The zero-order valence-corrected chi connectivity index (χ0v) is 17.5. The summed E-state index contributed by atoms with van der Waals surface area (Å²) >= 11 is 6.19. The third-order valence-electron chi connectivity index (χ3n) is 5.29. The van der Waals surface area contributed by atoms with E-state index >= 15 is 0 Å². The van der Waals surface area contributed by atoms with Crippen LogP contribution in [0.15, 0.2) is 48.5 Å². The van der Waals surface area contributed by atoms with Gasteiger partial charge in [0.25, 0.3) is 0 Å². The number of carbonyl (C=O) groups is 2. The second-order valence-electron chi connectivity index (χ2n) is 7.47. The van der Waals surface area contributed by atoms with Crippen LogP contribution in [0.4, 0.5) is 0 Å². The van der Waals surface area contributed by atoms with E-state index in [-0.39, 0.29) is 36.2 Å². The molecule has 2 aromatic rings. The second kappa shape index (κ2) is 9.73. The lowest BCUT2D eigenvalue weighted by molar-refractivity contribution is -0.129. The van der Waals surface area contributed by atoms with Gasteiger partial charge in [0.15, 0.2) is 0 Å². The molecule has 1 fully saturated rings. The Balaban J connectivity index is 1.48. The summed E-state index contributed by atoms with van der Waals surface area (Å²) < 4.78 is 0. The molecule has 0 bridgehead atoms. The molecule has 158 valence electrons. The van der Waals surface area contributed by atoms with Crippen molar-refractivity contribution in [3.63, 3.8) is 0 Å². The summed E-state index contributed by atoms with van der Waals surface area (Å²) in [6, 6.07) is 14.1. The first-order valence-corrected chi connectivity index (χ1v) is 10.2. The van der Waals surface area contributed by atoms with Crippen molar-refractivity contribution in [2.75, 3.05) is 6.54 Å². The van der Waals surface area contributed by atoms with Crippen molar-refractivity contribution in [1.82, 2.24) is 16.0 Å². The molecule has 0 aromatic heterocycles. The molecule has 0 unspecified atom stereocenters. The molecule has 0 radical (unpaired) electrons. The second-order valence-corrected chi connectivity index (χ2v) is 7.88. The average Bonchev–Trinajstić information content (AvgIpc) is 3.23. The van der Waals surface area contributed by atoms with Crippen molar-refractivity contribution in [2.45, 2.75) is 37.9 Å². The Hall–Kier alpha value is -2.90. The SMILES string of the molecule is C[C@H](NC(=O)[C@H]1C[C@H](c2ccccc2)CN1)C(=O)NCc1ccc(C(=N)N)cc1Cl. The zero-order valence-electron chi connectivity index (χ0n) is 16.7. The number of benzene rings is 2. The van der Waals surface area contributed by atoms with Gasteiger partial charge in [0.2, 0.25) is 11.8 Å². The molecule has 1 saturated heterocycles. The molecule has 1 aliphatic rings. The summed E-state index contributed by atoms with van der Waals surface area (Å²) in [4.78, 5) is 25.0. The lowest BCUT2D eigenvalue weighted by Crippen LogP contribution is -2.49. The van der Waals surface area contributed by atoms with Gasteiger partial charge in [0.05, 0.1) is 6.04 Å². The van der Waals surface area contributed by atoms with Crippen LogP contribution in [-0.2, 0) is 16.1 Å². The van der Waals surface area contributed by atoms with E-state index in [9.17, 15) is 9.59 Å². The molecule has 3 rings (SSSR count). The maximum absolute atomic E-state index is 12.6. The molecule has 6 N–H and O–H groups in total. The van der Waals surface area contributed by atoms with E-state index < -0.39 is 6.04 Å². The van der Waals surface area contributed by atoms with Gasteiger partial charge in [-0.1, -0.05) is 54.1 Å². The van der Waals surface area contributed by atoms with Crippen molar-refractivity contribution in [2.24, 2.45) is 5.73 Å². The molecular formula is C22H26ClN5O2. The summed E-state index contributed by atoms with van der Waals surface area (Å²) in [7, 11) is 0. The molecule has 0 saturated carbocycles. The topological polar surface area (TPSA) is 120 Å². The van der Waals surface area contributed by atoms with Crippen LogP contribution in [0.1, 0.15) is 36.0 Å². The van der Waals surface area contributed by atoms with Gasteiger partial charge in [-0.15, -0.1) is 0 Å². The molecule has 3 atom stereocenters. The van der Waals surface area contributed by atoms with E-state index in [1.165, 1.54) is 5.56 Å². The Labute approximate surface area is 180 Å². The fourth-order valence-corrected chi connectivity index (χ4v) is 3.74. The van der Waals surface area contributed by atoms with Crippen molar-refractivity contribution in [1.29, 1.82) is 5.41 Å². The van der Waals surface area contributed by atoms with E-state index in [1.807, 2.05) is 18.2 Å². The highest BCUT2D eigenvalue weighted by Gasteiger charge is 2.31. The Kier molecular flexibility index (Phi) is 7.07. The molecular weight excluding hydrogens is 402 g/mol. The first kappa shape index (κ1) is 21.8. The smallest absolute Gasteiger partial charge is 0.242 e. The van der Waals surface area contributed by atoms with E-state index in [0.717, 1.165) is 6.54 Å². The predicted molar refractivity (Wildman–Crippen MR) is 118 cm³/mol. The highest BCUT2D eigenvalue weighted by atomic mass is 35.5. The number of hydrogen-bond acceptors (Lipinski definition) is 4. The van der Waals surface area contributed by atoms with Crippen molar-refractivity contribution >= 4 is 29.3 Å². The fourth-order valence-electron chi connectivity index (χ4n) is 3.49. The van der Waals surface area contributed by atoms with Crippen LogP contribution in [0, 0.1) is 5.41 Å². The van der Waals surface area contributed by atoms with E-state index in [1.54, 1.807) is 25.1 Å². The zero-order chi connectivity index (χ0) is 21.7. The molecule has 30 heavy (non-hydrogen) atoms. The van der Waals surface area contributed by atoms with Crippen molar-refractivity contribution in [3.8, 4) is 0 Å². The minimum atomic E-state index is -0.676. The first-order valence-electron chi connectivity index (χ1n) is 9.84. The third kappa shape index (κ3) is 5.37. The lowest BCUT2D eigenvalue weighted by atomic mass is 9.96. The maximum atomic E-state index is 12.6. The molecule has 2 amide bonds. The number of nitrogens with one attached hydrogen (secondary N) is 4. The highest BCUT2D eigenvalue weighted by Crippen LogP contribution is 2.25. The minimum Gasteiger partial charge on any atom is -0.384 e. The van der Waals surface area contributed by atoms with Crippen molar-refractivity contribution < 1.29 is 9.59 Å². The number of amides is 2. The van der Waals surface area contributed by atoms with Crippen LogP contribution >= 0.6 is 11.6 Å². The average molecular weight is 428 g/mol. The molecule has 0 spiro atoms. The highest BCUT2D eigenvalue weighted by molar-refractivity contribution is 6.31. The Morgan fingerprint density at radius 3 is 2.67 bits per heavy atom. The normalized spacial score (nSPS) is 19.1. The Bertz CT molecular complexity index is 934. The third-order valence-corrected chi connectivity index (χ3v) is 5.64. The summed E-state index contributed by atoms with van der Waals surface area (Å²) in [6.45, 7) is 2.60. The predicted octanol–water partition coefficient (Wildman–Crippen LogP) is 1.89. The molecule has 7 nitrogen and oxygen atoms in total. The Morgan fingerprint density at radius 2 is 2.00 bits per heavy atom. The standard InChI is InChI=1S/C22H26ClN5O2/c1-13(21(29)27-11-16-8-7-15(20(24)25)9-18(16)23)28-22(30)19-10-17(12-26-19)14-5-3-2-4-6-14/h2-9,13,17,19,26H,10-12H2,1H3,(H3,24,25)(H,27,29)(H,28,30)/t13-,17-,19+/m0/s1. The molecule has 1 heterocycles. The van der Waals surface area contributed by atoms with Crippen LogP contribution in [0.5, 0.6) is 0 Å². The van der Waals surface area contributed by atoms with Crippen molar-refractivity contribution in [3.05, 3.63) is 70.2 Å². The molecule has 2 aromatic carbocycles. The number of halogens is 1. The number of hydrogen-bond donors (Lipinski definition) is 5. The quantitative estimate of drug-likeness (QED) is 0.342. The summed E-state index contributed by atoms with van der Waals surface area (Å²) in [5.74, 6) is -0.266.